The summed E-state index contributed by atoms with van der Waals surface area (Å²) in [5.41, 5.74) is 0. The molecule has 0 saturated carbocycles. The van der Waals surface area contributed by atoms with E-state index in [4.69, 9.17) is 21.1 Å². The van der Waals surface area contributed by atoms with Crippen LogP contribution in [0.5, 0.6) is 0 Å². The number of ether oxygens (including phenoxy) is 2. The summed E-state index contributed by atoms with van der Waals surface area (Å²) < 4.78 is 10.8. The first-order valence-corrected chi connectivity index (χ1v) is 3.91. The third-order valence-corrected chi connectivity index (χ3v) is 1.82. The molecule has 0 aliphatic carbocycles. The molecule has 2 unspecified atom stereocenters. The van der Waals surface area contributed by atoms with Crippen molar-refractivity contribution in [2.75, 3.05) is 6.61 Å². The van der Waals surface area contributed by atoms with Gasteiger partial charge >= 0.3 is 0 Å². The summed E-state index contributed by atoms with van der Waals surface area (Å²) in [5, 5.41) is 0.0294. The van der Waals surface area contributed by atoms with Crippen molar-refractivity contribution in [1.82, 2.24) is 0 Å². The van der Waals surface area contributed by atoms with E-state index in [0.29, 0.717) is 6.61 Å². The molecule has 0 aromatic heterocycles. The minimum Gasteiger partial charge on any atom is -0.348 e. The van der Waals surface area contributed by atoms with E-state index in [9.17, 15) is 0 Å². The zero-order chi connectivity index (χ0) is 7.78. The maximum Gasteiger partial charge on any atom is 0.163 e. The fourth-order valence-corrected chi connectivity index (χ4v) is 1.07. The predicted molar refractivity (Wildman–Crippen MR) is 40.2 cm³/mol. The SMILES string of the molecule is CC(Cl)C1COC(C)(C)O1. The summed E-state index contributed by atoms with van der Waals surface area (Å²) in [7, 11) is 0. The van der Waals surface area contributed by atoms with E-state index in [1.54, 1.807) is 0 Å². The Morgan fingerprint density at radius 2 is 2.20 bits per heavy atom. The minimum absolute atomic E-state index is 0.0294. The molecule has 0 spiro atoms. The number of rotatable bonds is 1. The van der Waals surface area contributed by atoms with Crippen LogP contribution in [0, 0.1) is 0 Å². The van der Waals surface area contributed by atoms with Crippen molar-refractivity contribution < 1.29 is 9.47 Å². The molecule has 0 amide bonds. The van der Waals surface area contributed by atoms with Gasteiger partial charge in [-0.1, -0.05) is 0 Å². The van der Waals surface area contributed by atoms with Gasteiger partial charge in [0.05, 0.1) is 12.0 Å². The summed E-state index contributed by atoms with van der Waals surface area (Å²) in [6.45, 7) is 6.31. The molecule has 1 rings (SSSR count). The van der Waals surface area contributed by atoms with Gasteiger partial charge in [0.15, 0.2) is 5.79 Å². The summed E-state index contributed by atoms with van der Waals surface area (Å²) in [5.74, 6) is -0.437. The van der Waals surface area contributed by atoms with Gasteiger partial charge in [-0.3, -0.25) is 0 Å². The summed E-state index contributed by atoms with van der Waals surface area (Å²) in [6, 6.07) is 0. The average Bonchev–Trinajstić information content (AvgIpc) is 2.10. The van der Waals surface area contributed by atoms with Gasteiger partial charge in [-0.05, 0) is 20.8 Å². The first kappa shape index (κ1) is 8.31. The van der Waals surface area contributed by atoms with Gasteiger partial charge in [0.25, 0.3) is 0 Å². The van der Waals surface area contributed by atoms with E-state index in [-0.39, 0.29) is 11.5 Å². The van der Waals surface area contributed by atoms with Crippen LogP contribution in [0.2, 0.25) is 0 Å². The largest absolute Gasteiger partial charge is 0.348 e. The van der Waals surface area contributed by atoms with E-state index < -0.39 is 5.79 Å². The van der Waals surface area contributed by atoms with Crippen LogP contribution in [0.4, 0.5) is 0 Å². The smallest absolute Gasteiger partial charge is 0.163 e. The van der Waals surface area contributed by atoms with Gasteiger partial charge in [0.2, 0.25) is 0 Å². The van der Waals surface area contributed by atoms with Crippen molar-refractivity contribution in [2.24, 2.45) is 0 Å². The summed E-state index contributed by atoms with van der Waals surface area (Å²) >= 11 is 5.81. The molecule has 1 fully saturated rings. The summed E-state index contributed by atoms with van der Waals surface area (Å²) in [4.78, 5) is 0. The molecule has 2 nitrogen and oxygen atoms in total. The van der Waals surface area contributed by atoms with Crippen LogP contribution < -0.4 is 0 Å². The first-order chi connectivity index (χ1) is 4.51. The highest BCUT2D eigenvalue weighted by molar-refractivity contribution is 6.20. The van der Waals surface area contributed by atoms with Gasteiger partial charge in [-0.2, -0.15) is 0 Å². The highest BCUT2D eigenvalue weighted by Crippen LogP contribution is 2.25. The van der Waals surface area contributed by atoms with Crippen molar-refractivity contribution in [3.05, 3.63) is 0 Å². The highest BCUT2D eigenvalue weighted by atomic mass is 35.5. The molecule has 1 aliphatic rings. The molecule has 0 N–H and O–H groups in total. The monoisotopic (exact) mass is 164 g/mol. The Labute approximate surface area is 66.5 Å². The van der Waals surface area contributed by atoms with Crippen LogP contribution in [0.1, 0.15) is 20.8 Å². The van der Waals surface area contributed by atoms with E-state index in [1.807, 2.05) is 20.8 Å². The van der Waals surface area contributed by atoms with E-state index in [2.05, 4.69) is 0 Å². The fourth-order valence-electron chi connectivity index (χ4n) is 0.942. The number of hydrogen-bond donors (Lipinski definition) is 0. The molecule has 10 heavy (non-hydrogen) atoms. The molecule has 0 bridgehead atoms. The molecule has 1 aliphatic heterocycles. The second-order valence-electron chi connectivity index (χ2n) is 3.04. The molecule has 3 heteroatoms. The highest BCUT2D eigenvalue weighted by Gasteiger charge is 2.34. The third-order valence-electron chi connectivity index (χ3n) is 1.54. The van der Waals surface area contributed by atoms with Gasteiger partial charge in [0, 0.05) is 0 Å². The zero-order valence-corrected chi connectivity index (χ0v) is 7.31. The first-order valence-electron chi connectivity index (χ1n) is 3.47. The van der Waals surface area contributed by atoms with Crippen LogP contribution in [-0.2, 0) is 9.47 Å². The quantitative estimate of drug-likeness (QED) is 0.550. The Morgan fingerprint density at radius 1 is 1.60 bits per heavy atom. The molecule has 0 aromatic carbocycles. The normalized spacial score (nSPS) is 34.2. The Kier molecular flexibility index (Phi) is 2.23. The minimum atomic E-state index is -0.437. The number of halogens is 1. The Hall–Kier alpha value is 0.210. The van der Waals surface area contributed by atoms with Crippen molar-refractivity contribution in [1.29, 1.82) is 0 Å². The van der Waals surface area contributed by atoms with Gasteiger partial charge < -0.3 is 9.47 Å². The standard InChI is InChI=1S/C7H13ClO2/c1-5(8)6-4-9-7(2,3)10-6/h5-6H,4H2,1-3H3. The van der Waals surface area contributed by atoms with Crippen molar-refractivity contribution >= 4 is 11.6 Å². The van der Waals surface area contributed by atoms with Crippen molar-refractivity contribution in [3.8, 4) is 0 Å². The van der Waals surface area contributed by atoms with E-state index in [0.717, 1.165) is 0 Å². The number of hydrogen-bond acceptors (Lipinski definition) is 2. The molecular formula is C7H13ClO2. The molecule has 1 heterocycles. The Morgan fingerprint density at radius 3 is 2.40 bits per heavy atom. The van der Waals surface area contributed by atoms with Crippen molar-refractivity contribution in [2.45, 2.75) is 38.0 Å². The van der Waals surface area contributed by atoms with Crippen LogP contribution in [0.15, 0.2) is 0 Å². The molecule has 0 radical (unpaired) electrons. The van der Waals surface area contributed by atoms with E-state index >= 15 is 0 Å². The predicted octanol–water partition coefficient (Wildman–Crippen LogP) is 1.77. The maximum absolute atomic E-state index is 5.81. The van der Waals surface area contributed by atoms with E-state index in [1.165, 1.54) is 0 Å². The van der Waals surface area contributed by atoms with Crippen LogP contribution in [0.3, 0.4) is 0 Å². The fraction of sp³-hybridized carbons (Fsp3) is 1.00. The molecule has 2 atom stereocenters. The molecular weight excluding hydrogens is 152 g/mol. The average molecular weight is 165 g/mol. The van der Waals surface area contributed by atoms with Gasteiger partial charge in [-0.25, -0.2) is 0 Å². The Bertz CT molecular complexity index is 123. The third kappa shape index (κ3) is 1.84. The van der Waals surface area contributed by atoms with Crippen LogP contribution in [-0.4, -0.2) is 23.9 Å². The zero-order valence-electron chi connectivity index (χ0n) is 6.56. The lowest BCUT2D eigenvalue weighted by molar-refractivity contribution is -0.138. The van der Waals surface area contributed by atoms with Crippen LogP contribution in [0.25, 0.3) is 0 Å². The lowest BCUT2D eigenvalue weighted by Crippen LogP contribution is -2.25. The maximum atomic E-state index is 5.81. The molecule has 0 aromatic rings. The molecule has 60 valence electrons. The topological polar surface area (TPSA) is 18.5 Å². The number of alkyl halides is 1. The lowest BCUT2D eigenvalue weighted by Gasteiger charge is -2.17. The second kappa shape index (κ2) is 2.68. The molecule has 1 saturated heterocycles. The summed E-state index contributed by atoms with van der Waals surface area (Å²) in [6.07, 6.45) is 0.0525. The lowest BCUT2D eigenvalue weighted by atomic mass is 10.3. The van der Waals surface area contributed by atoms with Gasteiger partial charge in [-0.15, -0.1) is 11.6 Å². The van der Waals surface area contributed by atoms with Crippen molar-refractivity contribution in [3.63, 3.8) is 0 Å². The Balaban J connectivity index is 2.43. The van der Waals surface area contributed by atoms with Gasteiger partial charge in [0.1, 0.15) is 6.10 Å². The van der Waals surface area contributed by atoms with Crippen LogP contribution >= 0.6 is 11.6 Å². The second-order valence-corrected chi connectivity index (χ2v) is 3.73.